The highest BCUT2D eigenvalue weighted by Crippen LogP contribution is 2.12. The summed E-state index contributed by atoms with van der Waals surface area (Å²) in [5.74, 6) is 0. The molecule has 1 heterocycles. The number of aromatic nitrogens is 1. The van der Waals surface area contributed by atoms with Gasteiger partial charge in [-0.2, -0.15) is 0 Å². The predicted octanol–water partition coefficient (Wildman–Crippen LogP) is 2.49. The van der Waals surface area contributed by atoms with E-state index < -0.39 is 0 Å². The molecular weight excluding hydrogens is 164 g/mol. The van der Waals surface area contributed by atoms with Gasteiger partial charge in [0.2, 0.25) is 0 Å². The maximum absolute atomic E-state index is 4.77. The second kappa shape index (κ2) is 5.62. The van der Waals surface area contributed by atoms with Gasteiger partial charge in [0.1, 0.15) is 12.0 Å². The number of rotatable bonds is 6. The zero-order chi connectivity index (χ0) is 9.52. The summed E-state index contributed by atoms with van der Waals surface area (Å²) < 4.78 is 4.77. The van der Waals surface area contributed by atoms with E-state index in [0.29, 0.717) is 0 Å². The van der Waals surface area contributed by atoms with Crippen LogP contribution in [0, 0.1) is 6.20 Å². The van der Waals surface area contributed by atoms with Crippen LogP contribution in [-0.4, -0.2) is 18.2 Å². The van der Waals surface area contributed by atoms with Gasteiger partial charge in [-0.05, 0) is 12.8 Å². The first-order valence-electron chi connectivity index (χ1n) is 4.95. The first-order valence-corrected chi connectivity index (χ1v) is 4.95. The lowest BCUT2D eigenvalue weighted by Crippen LogP contribution is -2.24. The average Bonchev–Trinajstić information content (AvgIpc) is 2.65. The number of anilines is 1. The molecule has 0 fully saturated rings. The summed E-state index contributed by atoms with van der Waals surface area (Å²) in [6.45, 7) is 6.49. The molecular formula is C10H17N2O. The van der Waals surface area contributed by atoms with Gasteiger partial charge in [-0.15, -0.1) is 0 Å². The maximum atomic E-state index is 4.77. The Morgan fingerprint density at radius 2 is 2.23 bits per heavy atom. The van der Waals surface area contributed by atoms with E-state index in [2.05, 4.69) is 30.1 Å². The molecule has 0 amide bonds. The molecule has 13 heavy (non-hydrogen) atoms. The molecule has 1 aromatic rings. The van der Waals surface area contributed by atoms with Crippen LogP contribution in [0.2, 0.25) is 0 Å². The molecule has 3 nitrogen and oxygen atoms in total. The zero-order valence-corrected chi connectivity index (χ0v) is 8.42. The van der Waals surface area contributed by atoms with Crippen LogP contribution in [0.1, 0.15) is 33.1 Å². The largest absolute Gasteiger partial charge is 0.367 e. The summed E-state index contributed by atoms with van der Waals surface area (Å²) >= 11 is 0. The molecule has 1 aromatic heterocycles. The average molecular weight is 181 g/mol. The fourth-order valence-corrected chi connectivity index (χ4v) is 1.29. The molecule has 0 bridgehead atoms. The molecule has 0 saturated carbocycles. The SMILES string of the molecule is CCCCN(CCC)c1[c]noc1. The Morgan fingerprint density at radius 3 is 2.77 bits per heavy atom. The van der Waals surface area contributed by atoms with Crippen LogP contribution in [0.3, 0.4) is 0 Å². The molecule has 0 aliphatic heterocycles. The zero-order valence-electron chi connectivity index (χ0n) is 8.42. The number of unbranched alkanes of at least 4 members (excludes halogenated alkanes) is 1. The molecule has 0 aliphatic carbocycles. The molecule has 3 heteroatoms. The molecule has 1 radical (unpaired) electrons. The first-order chi connectivity index (χ1) is 6.38. The smallest absolute Gasteiger partial charge is 0.161 e. The van der Waals surface area contributed by atoms with Gasteiger partial charge in [-0.3, -0.25) is 0 Å². The molecule has 1 rings (SSSR count). The Balaban J connectivity index is 2.47. The predicted molar refractivity (Wildman–Crippen MR) is 52.8 cm³/mol. The number of nitrogens with zero attached hydrogens (tertiary/aromatic N) is 2. The third-order valence-electron chi connectivity index (χ3n) is 1.99. The first kappa shape index (κ1) is 10.1. The second-order valence-electron chi connectivity index (χ2n) is 3.15. The third kappa shape index (κ3) is 3.09. The lowest BCUT2D eigenvalue weighted by atomic mass is 10.3. The second-order valence-corrected chi connectivity index (χ2v) is 3.15. The summed E-state index contributed by atoms with van der Waals surface area (Å²) in [7, 11) is 0. The van der Waals surface area contributed by atoms with E-state index in [9.17, 15) is 0 Å². The van der Waals surface area contributed by atoms with Crippen molar-refractivity contribution in [3.63, 3.8) is 0 Å². The molecule has 73 valence electrons. The van der Waals surface area contributed by atoms with E-state index >= 15 is 0 Å². The fourth-order valence-electron chi connectivity index (χ4n) is 1.29. The van der Waals surface area contributed by atoms with E-state index in [-0.39, 0.29) is 0 Å². The lowest BCUT2D eigenvalue weighted by Gasteiger charge is -2.20. The minimum Gasteiger partial charge on any atom is -0.367 e. The molecule has 0 aromatic carbocycles. The molecule has 0 unspecified atom stereocenters. The van der Waals surface area contributed by atoms with Crippen LogP contribution in [0.5, 0.6) is 0 Å². The van der Waals surface area contributed by atoms with E-state index in [4.69, 9.17) is 4.52 Å². The van der Waals surface area contributed by atoms with Gasteiger partial charge in [-0.25, -0.2) is 0 Å². The van der Waals surface area contributed by atoms with Gasteiger partial charge in [0.05, 0.1) is 0 Å². The Morgan fingerprint density at radius 1 is 1.38 bits per heavy atom. The monoisotopic (exact) mass is 181 g/mol. The van der Waals surface area contributed by atoms with Crippen LogP contribution in [-0.2, 0) is 0 Å². The summed E-state index contributed by atoms with van der Waals surface area (Å²) in [5.41, 5.74) is 0.982. The Labute approximate surface area is 79.7 Å². The van der Waals surface area contributed by atoms with Crippen molar-refractivity contribution in [2.45, 2.75) is 33.1 Å². The molecule has 0 atom stereocenters. The van der Waals surface area contributed by atoms with Crippen LogP contribution >= 0.6 is 0 Å². The maximum Gasteiger partial charge on any atom is 0.161 e. The van der Waals surface area contributed by atoms with E-state index in [1.165, 1.54) is 12.8 Å². The lowest BCUT2D eigenvalue weighted by molar-refractivity contribution is 0.418. The molecule has 0 saturated heterocycles. The van der Waals surface area contributed by atoms with Crippen LogP contribution < -0.4 is 4.90 Å². The van der Waals surface area contributed by atoms with Gasteiger partial charge in [-0.1, -0.05) is 25.4 Å². The molecule has 0 N–H and O–H groups in total. The minimum atomic E-state index is 0.982. The highest BCUT2D eigenvalue weighted by molar-refractivity contribution is 5.39. The summed E-state index contributed by atoms with van der Waals surface area (Å²) in [6.07, 6.45) is 8.06. The number of hydrogen-bond donors (Lipinski definition) is 0. The van der Waals surface area contributed by atoms with Gasteiger partial charge in [0.25, 0.3) is 0 Å². The topological polar surface area (TPSA) is 29.3 Å². The summed E-state index contributed by atoms with van der Waals surface area (Å²) in [4.78, 5) is 2.26. The van der Waals surface area contributed by atoms with Gasteiger partial charge < -0.3 is 9.42 Å². The fraction of sp³-hybridized carbons (Fsp3) is 0.700. The van der Waals surface area contributed by atoms with Crippen molar-refractivity contribution < 1.29 is 4.52 Å². The normalized spacial score (nSPS) is 10.3. The Hall–Kier alpha value is -0.990. The summed E-state index contributed by atoms with van der Waals surface area (Å²) in [5, 5.41) is 3.59. The van der Waals surface area contributed by atoms with Crippen LogP contribution in [0.4, 0.5) is 5.69 Å². The molecule has 0 aliphatic rings. The van der Waals surface area contributed by atoms with Crippen LogP contribution in [0.25, 0.3) is 0 Å². The highest BCUT2D eigenvalue weighted by atomic mass is 16.5. The Kier molecular flexibility index (Phi) is 4.36. The standard InChI is InChI=1S/C10H17N2O/c1-3-5-7-12(6-4-2)10-8-11-13-9-10/h9H,3-7H2,1-2H3. The summed E-state index contributed by atoms with van der Waals surface area (Å²) in [6, 6.07) is 0. The van der Waals surface area contributed by atoms with Crippen LogP contribution in [0.15, 0.2) is 10.8 Å². The quantitative estimate of drug-likeness (QED) is 0.675. The van der Waals surface area contributed by atoms with Crippen molar-refractivity contribution in [2.24, 2.45) is 0 Å². The van der Waals surface area contributed by atoms with Gasteiger partial charge >= 0.3 is 0 Å². The molecule has 0 spiro atoms. The van der Waals surface area contributed by atoms with Crippen molar-refractivity contribution in [3.8, 4) is 0 Å². The van der Waals surface area contributed by atoms with Crippen molar-refractivity contribution in [1.29, 1.82) is 0 Å². The van der Waals surface area contributed by atoms with E-state index in [1.807, 2.05) is 0 Å². The van der Waals surface area contributed by atoms with E-state index in [0.717, 1.165) is 25.2 Å². The van der Waals surface area contributed by atoms with Gasteiger partial charge in [0, 0.05) is 13.1 Å². The third-order valence-corrected chi connectivity index (χ3v) is 1.99. The van der Waals surface area contributed by atoms with Crippen molar-refractivity contribution in [1.82, 2.24) is 5.16 Å². The Bertz CT molecular complexity index is 209. The van der Waals surface area contributed by atoms with Crippen molar-refractivity contribution in [2.75, 3.05) is 18.0 Å². The minimum absolute atomic E-state index is 0.982. The van der Waals surface area contributed by atoms with Crippen molar-refractivity contribution >= 4 is 5.69 Å². The van der Waals surface area contributed by atoms with E-state index in [1.54, 1.807) is 6.26 Å². The highest BCUT2D eigenvalue weighted by Gasteiger charge is 2.06. The number of hydrogen-bond acceptors (Lipinski definition) is 3. The van der Waals surface area contributed by atoms with Gasteiger partial charge in [0.15, 0.2) is 6.20 Å². The van der Waals surface area contributed by atoms with Crippen molar-refractivity contribution in [3.05, 3.63) is 12.5 Å².